The molecule has 0 saturated carbocycles. The van der Waals surface area contributed by atoms with E-state index in [0.29, 0.717) is 18.8 Å². The van der Waals surface area contributed by atoms with Gasteiger partial charge in [-0.1, -0.05) is 15.9 Å². The molecule has 0 heterocycles. The van der Waals surface area contributed by atoms with Crippen molar-refractivity contribution in [3.05, 3.63) is 28.2 Å². The third-order valence-electron chi connectivity index (χ3n) is 2.30. The molecule has 0 aromatic heterocycles. The number of nitrogens with zero attached hydrogens (tertiary/aromatic N) is 1. The van der Waals surface area contributed by atoms with Crippen LogP contribution in [-0.2, 0) is 6.54 Å². The fraction of sp³-hybridized carbons (Fsp3) is 0.455. The molecule has 17 heavy (non-hydrogen) atoms. The number of alkyl halides is 3. The molecule has 2 N–H and O–H groups in total. The van der Waals surface area contributed by atoms with Crippen molar-refractivity contribution < 1.29 is 13.2 Å². The first kappa shape index (κ1) is 14.3. The lowest BCUT2D eigenvalue weighted by molar-refractivity contribution is -0.119. The van der Waals surface area contributed by atoms with Crippen molar-refractivity contribution in [2.75, 3.05) is 18.0 Å². The van der Waals surface area contributed by atoms with Gasteiger partial charge in [0, 0.05) is 23.2 Å². The average Bonchev–Trinajstić information content (AvgIpc) is 2.23. The second-order valence-corrected chi connectivity index (χ2v) is 4.57. The van der Waals surface area contributed by atoms with Crippen molar-refractivity contribution in [2.24, 2.45) is 5.73 Å². The zero-order valence-corrected chi connectivity index (χ0v) is 11.0. The molecule has 0 bridgehead atoms. The van der Waals surface area contributed by atoms with Crippen LogP contribution < -0.4 is 10.6 Å². The molecule has 2 nitrogen and oxygen atoms in total. The Kier molecular flexibility index (Phi) is 4.82. The monoisotopic (exact) mass is 310 g/mol. The Labute approximate surface area is 107 Å². The van der Waals surface area contributed by atoms with Gasteiger partial charge in [-0.25, -0.2) is 0 Å². The summed E-state index contributed by atoms with van der Waals surface area (Å²) in [4.78, 5) is 1.27. The summed E-state index contributed by atoms with van der Waals surface area (Å²) < 4.78 is 37.9. The predicted molar refractivity (Wildman–Crippen MR) is 66.0 cm³/mol. The van der Waals surface area contributed by atoms with Gasteiger partial charge in [0.15, 0.2) is 0 Å². The molecule has 0 aliphatic heterocycles. The molecule has 0 atom stereocenters. The summed E-state index contributed by atoms with van der Waals surface area (Å²) in [5, 5.41) is 0. The Hall–Kier alpha value is -0.750. The molecule has 6 heteroatoms. The van der Waals surface area contributed by atoms with E-state index in [4.69, 9.17) is 5.73 Å². The lowest BCUT2D eigenvalue weighted by Crippen LogP contribution is -2.34. The third-order valence-corrected chi connectivity index (χ3v) is 2.75. The van der Waals surface area contributed by atoms with E-state index in [1.165, 1.54) is 4.90 Å². The number of rotatable bonds is 4. The minimum atomic E-state index is -4.21. The lowest BCUT2D eigenvalue weighted by Gasteiger charge is -2.25. The molecule has 0 aliphatic carbocycles. The number of benzene rings is 1. The summed E-state index contributed by atoms with van der Waals surface area (Å²) >= 11 is 3.27. The highest BCUT2D eigenvalue weighted by Gasteiger charge is 2.30. The van der Waals surface area contributed by atoms with Crippen molar-refractivity contribution in [3.8, 4) is 0 Å². The van der Waals surface area contributed by atoms with E-state index in [9.17, 15) is 13.2 Å². The minimum absolute atomic E-state index is 0.292. The van der Waals surface area contributed by atoms with E-state index < -0.39 is 12.7 Å². The molecule has 1 aromatic carbocycles. The van der Waals surface area contributed by atoms with Gasteiger partial charge in [-0.15, -0.1) is 0 Å². The molecular weight excluding hydrogens is 297 g/mol. The SMILES string of the molecule is CCN(CC(F)(F)F)c1cc(Br)cc(CN)c1. The van der Waals surface area contributed by atoms with Crippen LogP contribution in [0.1, 0.15) is 12.5 Å². The highest BCUT2D eigenvalue weighted by atomic mass is 79.9. The van der Waals surface area contributed by atoms with Crippen LogP contribution in [0.4, 0.5) is 18.9 Å². The number of hydrogen-bond donors (Lipinski definition) is 1. The van der Waals surface area contributed by atoms with Crippen LogP contribution in [0.3, 0.4) is 0 Å². The number of halogens is 4. The summed E-state index contributed by atoms with van der Waals surface area (Å²) in [6.45, 7) is 1.33. The van der Waals surface area contributed by atoms with Gasteiger partial charge in [0.25, 0.3) is 0 Å². The Balaban J connectivity index is 2.99. The van der Waals surface area contributed by atoms with E-state index in [0.717, 1.165) is 10.0 Å². The highest BCUT2D eigenvalue weighted by Crippen LogP contribution is 2.26. The fourth-order valence-electron chi connectivity index (χ4n) is 1.54. The topological polar surface area (TPSA) is 29.3 Å². The highest BCUT2D eigenvalue weighted by molar-refractivity contribution is 9.10. The quantitative estimate of drug-likeness (QED) is 0.924. The van der Waals surface area contributed by atoms with Gasteiger partial charge in [0.2, 0.25) is 0 Å². The lowest BCUT2D eigenvalue weighted by atomic mass is 10.2. The summed E-state index contributed by atoms with van der Waals surface area (Å²) in [5.74, 6) is 0. The van der Waals surface area contributed by atoms with Gasteiger partial charge < -0.3 is 10.6 Å². The molecule has 0 radical (unpaired) electrons. The normalized spacial score (nSPS) is 11.6. The van der Waals surface area contributed by atoms with Crippen LogP contribution >= 0.6 is 15.9 Å². The van der Waals surface area contributed by atoms with Gasteiger partial charge >= 0.3 is 6.18 Å². The van der Waals surface area contributed by atoms with Gasteiger partial charge in [-0.3, -0.25) is 0 Å². The maximum Gasteiger partial charge on any atom is 0.405 e. The first-order valence-electron chi connectivity index (χ1n) is 5.17. The molecule has 0 fully saturated rings. The van der Waals surface area contributed by atoms with Crippen LogP contribution in [0.25, 0.3) is 0 Å². The number of nitrogens with two attached hydrogens (primary N) is 1. The van der Waals surface area contributed by atoms with Crippen molar-refractivity contribution in [3.63, 3.8) is 0 Å². The predicted octanol–water partition coefficient (Wildman–Crippen LogP) is 3.30. The minimum Gasteiger partial charge on any atom is -0.363 e. The van der Waals surface area contributed by atoms with Crippen LogP contribution in [0.15, 0.2) is 22.7 Å². The zero-order chi connectivity index (χ0) is 13.1. The molecule has 96 valence electrons. The van der Waals surface area contributed by atoms with Crippen molar-refractivity contribution in [1.29, 1.82) is 0 Å². The largest absolute Gasteiger partial charge is 0.405 e. The second-order valence-electron chi connectivity index (χ2n) is 3.65. The molecule has 0 spiro atoms. The Bertz CT molecular complexity index is 379. The average molecular weight is 311 g/mol. The Morgan fingerprint density at radius 2 is 1.94 bits per heavy atom. The zero-order valence-electron chi connectivity index (χ0n) is 9.39. The van der Waals surface area contributed by atoms with Gasteiger partial charge in [-0.2, -0.15) is 13.2 Å². The van der Waals surface area contributed by atoms with Crippen molar-refractivity contribution in [2.45, 2.75) is 19.6 Å². The molecular formula is C11H14BrF3N2. The molecule has 0 saturated heterocycles. The Morgan fingerprint density at radius 1 is 1.29 bits per heavy atom. The molecule has 1 rings (SSSR count). The third kappa shape index (κ3) is 4.55. The Morgan fingerprint density at radius 3 is 2.41 bits per heavy atom. The maximum absolute atomic E-state index is 12.4. The summed E-state index contributed by atoms with van der Waals surface area (Å²) in [6.07, 6.45) is -4.21. The first-order chi connectivity index (χ1) is 7.85. The molecule has 1 aromatic rings. The van der Waals surface area contributed by atoms with Crippen LogP contribution in [0.5, 0.6) is 0 Å². The van der Waals surface area contributed by atoms with E-state index in [1.54, 1.807) is 25.1 Å². The van der Waals surface area contributed by atoms with E-state index in [2.05, 4.69) is 15.9 Å². The summed E-state index contributed by atoms with van der Waals surface area (Å²) in [6, 6.07) is 5.14. The number of hydrogen-bond acceptors (Lipinski definition) is 2. The smallest absolute Gasteiger partial charge is 0.363 e. The summed E-state index contributed by atoms with van der Waals surface area (Å²) in [5.41, 5.74) is 6.82. The standard InChI is InChI=1S/C11H14BrF3N2/c1-2-17(7-11(13,14)15)10-4-8(6-16)3-9(12)5-10/h3-5H,2,6-7,16H2,1H3. The molecule has 0 unspecified atom stereocenters. The van der Waals surface area contributed by atoms with Crippen LogP contribution in [0, 0.1) is 0 Å². The first-order valence-corrected chi connectivity index (χ1v) is 5.96. The van der Waals surface area contributed by atoms with Crippen LogP contribution in [0.2, 0.25) is 0 Å². The summed E-state index contributed by atoms with van der Waals surface area (Å²) in [7, 11) is 0. The fourth-order valence-corrected chi connectivity index (χ4v) is 2.06. The van der Waals surface area contributed by atoms with E-state index in [-0.39, 0.29) is 0 Å². The van der Waals surface area contributed by atoms with Gasteiger partial charge in [0.1, 0.15) is 6.54 Å². The molecule has 0 amide bonds. The van der Waals surface area contributed by atoms with Crippen molar-refractivity contribution in [1.82, 2.24) is 0 Å². The van der Waals surface area contributed by atoms with E-state index in [1.807, 2.05) is 0 Å². The maximum atomic E-state index is 12.4. The number of anilines is 1. The van der Waals surface area contributed by atoms with Crippen molar-refractivity contribution >= 4 is 21.6 Å². The molecule has 0 aliphatic rings. The van der Waals surface area contributed by atoms with Gasteiger partial charge in [0.05, 0.1) is 0 Å². The van der Waals surface area contributed by atoms with Gasteiger partial charge in [-0.05, 0) is 30.7 Å². The van der Waals surface area contributed by atoms with Crippen LogP contribution in [-0.4, -0.2) is 19.3 Å². The second kappa shape index (κ2) is 5.73. The van der Waals surface area contributed by atoms with E-state index >= 15 is 0 Å².